The molecule has 0 aliphatic rings. The van der Waals surface area contributed by atoms with Gasteiger partial charge in [-0.2, -0.15) is 10.2 Å². The molecule has 0 radical (unpaired) electrons. The molecule has 1 N–H and O–H groups in total. The van der Waals surface area contributed by atoms with Crippen molar-refractivity contribution in [2.24, 2.45) is 7.05 Å². The van der Waals surface area contributed by atoms with Crippen molar-refractivity contribution in [3.05, 3.63) is 124 Å². The Kier molecular flexibility index (Phi) is 6.50. The predicted octanol–water partition coefficient (Wildman–Crippen LogP) is 5.92. The first kappa shape index (κ1) is 25.9. The summed E-state index contributed by atoms with van der Waals surface area (Å²) in [7, 11) is 1.83. The highest BCUT2D eigenvalue weighted by molar-refractivity contribution is 5.97. The van der Waals surface area contributed by atoms with Crippen LogP contribution in [-0.2, 0) is 13.5 Å². The quantitative estimate of drug-likeness (QED) is 0.249. The SMILES string of the molecule is Cc1cc(C(=O)Cc2ccc(Oc3cc4cnn(C)c4cc3-c3cn[nH]c3)c(F)c2)c(=O)n(-c2ccc(F)cc2)c1. The highest BCUT2D eigenvalue weighted by atomic mass is 19.1. The molecular weight excluding hydrogens is 528 g/mol. The number of rotatable bonds is 7. The van der Waals surface area contributed by atoms with Crippen molar-refractivity contribution in [3.8, 4) is 28.3 Å². The van der Waals surface area contributed by atoms with E-state index in [1.165, 1.54) is 47.0 Å². The van der Waals surface area contributed by atoms with Gasteiger partial charge in [-0.05, 0) is 72.6 Å². The Balaban J connectivity index is 1.28. The predicted molar refractivity (Wildman–Crippen MR) is 150 cm³/mol. The molecule has 3 heterocycles. The Morgan fingerprint density at radius 3 is 2.54 bits per heavy atom. The molecule has 204 valence electrons. The van der Waals surface area contributed by atoms with Crippen LogP contribution in [0.25, 0.3) is 27.7 Å². The van der Waals surface area contributed by atoms with Crippen LogP contribution in [0.3, 0.4) is 0 Å². The molecule has 0 spiro atoms. The number of hydrogen-bond donors (Lipinski definition) is 1. The summed E-state index contributed by atoms with van der Waals surface area (Å²) in [6.07, 6.45) is 6.44. The van der Waals surface area contributed by atoms with Gasteiger partial charge in [-0.15, -0.1) is 0 Å². The average Bonchev–Trinajstić information content (AvgIpc) is 3.61. The first-order chi connectivity index (χ1) is 19.8. The maximum Gasteiger partial charge on any atom is 0.265 e. The molecule has 0 atom stereocenters. The molecule has 0 saturated heterocycles. The van der Waals surface area contributed by atoms with E-state index in [4.69, 9.17) is 4.74 Å². The number of nitrogens with one attached hydrogen (secondary N) is 1. The number of aromatic amines is 1. The number of ketones is 1. The van der Waals surface area contributed by atoms with Crippen LogP contribution >= 0.6 is 0 Å². The van der Waals surface area contributed by atoms with Crippen LogP contribution < -0.4 is 10.3 Å². The fourth-order valence-corrected chi connectivity index (χ4v) is 4.74. The van der Waals surface area contributed by atoms with Gasteiger partial charge < -0.3 is 4.74 Å². The molecule has 0 fully saturated rings. The number of H-pyrrole nitrogens is 1. The first-order valence-corrected chi connectivity index (χ1v) is 12.7. The molecule has 0 saturated carbocycles. The number of carbonyl (C=O) groups is 1. The van der Waals surface area contributed by atoms with Gasteiger partial charge >= 0.3 is 0 Å². The maximum atomic E-state index is 15.3. The summed E-state index contributed by atoms with van der Waals surface area (Å²) in [6, 6.07) is 14.9. The number of nitrogens with zero attached hydrogens (tertiary/aromatic N) is 4. The molecule has 41 heavy (non-hydrogen) atoms. The van der Waals surface area contributed by atoms with Crippen LogP contribution in [0.5, 0.6) is 11.5 Å². The third-order valence-electron chi connectivity index (χ3n) is 6.80. The summed E-state index contributed by atoms with van der Waals surface area (Å²) in [5.74, 6) is -1.17. The molecular formula is C31H23F2N5O3. The van der Waals surface area contributed by atoms with Gasteiger partial charge in [0.1, 0.15) is 11.6 Å². The molecule has 0 aliphatic heterocycles. The third kappa shape index (κ3) is 5.03. The lowest BCUT2D eigenvalue weighted by Gasteiger charge is -2.13. The fourth-order valence-electron chi connectivity index (χ4n) is 4.74. The number of Topliss-reactive ketones (excluding diaryl/α,β-unsaturated/α-hetero) is 1. The molecule has 0 unspecified atom stereocenters. The number of benzene rings is 3. The van der Waals surface area contributed by atoms with Gasteiger partial charge in [-0.3, -0.25) is 23.9 Å². The summed E-state index contributed by atoms with van der Waals surface area (Å²) in [5.41, 5.74) is 3.24. The summed E-state index contributed by atoms with van der Waals surface area (Å²) in [6.45, 7) is 1.75. The zero-order chi connectivity index (χ0) is 28.7. The monoisotopic (exact) mass is 551 g/mol. The van der Waals surface area contributed by atoms with E-state index in [0.29, 0.717) is 28.1 Å². The first-order valence-electron chi connectivity index (χ1n) is 12.7. The largest absolute Gasteiger partial charge is 0.454 e. The number of carbonyl (C=O) groups excluding carboxylic acids is 1. The fraction of sp³-hybridized carbons (Fsp3) is 0.0968. The zero-order valence-electron chi connectivity index (χ0n) is 22.1. The second-order valence-corrected chi connectivity index (χ2v) is 9.71. The number of pyridine rings is 1. The summed E-state index contributed by atoms with van der Waals surface area (Å²) in [5, 5.41) is 11.9. The number of fused-ring (bicyclic) bond motifs is 1. The second kappa shape index (κ2) is 10.3. The summed E-state index contributed by atoms with van der Waals surface area (Å²) >= 11 is 0. The van der Waals surface area contributed by atoms with Crippen LogP contribution in [0.2, 0.25) is 0 Å². The minimum absolute atomic E-state index is 0.0246. The van der Waals surface area contributed by atoms with Gasteiger partial charge in [0, 0.05) is 48.1 Å². The lowest BCUT2D eigenvalue weighted by atomic mass is 10.0. The number of aromatic nitrogens is 5. The minimum Gasteiger partial charge on any atom is -0.454 e. The maximum absolute atomic E-state index is 15.3. The molecule has 10 heteroatoms. The standard InChI is InChI=1S/C31H23F2N5O3/c1-18-9-25(31(40)38(17-18)23-6-4-22(32)5-7-23)28(39)11-19-3-8-29(26(33)10-19)41-30-12-20-16-36-37(2)27(20)13-24(30)21-14-34-35-15-21/h3-10,12-17H,11H2,1-2H3,(H,34,35). The molecule has 8 nitrogen and oxygen atoms in total. The average molecular weight is 552 g/mol. The smallest absolute Gasteiger partial charge is 0.265 e. The molecule has 0 aliphatic carbocycles. The highest BCUT2D eigenvalue weighted by Crippen LogP contribution is 2.37. The molecule has 6 aromatic rings. The number of halogens is 2. The lowest BCUT2D eigenvalue weighted by molar-refractivity contribution is 0.0991. The van der Waals surface area contributed by atoms with Crippen LogP contribution in [0.4, 0.5) is 8.78 Å². The van der Waals surface area contributed by atoms with Gasteiger partial charge in [0.05, 0.1) is 23.5 Å². The van der Waals surface area contributed by atoms with E-state index in [0.717, 1.165) is 16.5 Å². The third-order valence-corrected chi connectivity index (χ3v) is 6.80. The normalized spacial score (nSPS) is 11.2. The van der Waals surface area contributed by atoms with Crippen molar-refractivity contribution >= 4 is 16.7 Å². The van der Waals surface area contributed by atoms with Crippen molar-refractivity contribution < 1.29 is 18.3 Å². The van der Waals surface area contributed by atoms with Crippen molar-refractivity contribution in [1.82, 2.24) is 24.5 Å². The second-order valence-electron chi connectivity index (χ2n) is 9.71. The topological polar surface area (TPSA) is 94.8 Å². The van der Waals surface area contributed by atoms with Gasteiger partial charge in [0.25, 0.3) is 5.56 Å². The Hall–Kier alpha value is -5.38. The molecule has 0 bridgehead atoms. The van der Waals surface area contributed by atoms with Crippen LogP contribution in [0.15, 0.2) is 90.2 Å². The van der Waals surface area contributed by atoms with E-state index < -0.39 is 23.0 Å². The van der Waals surface area contributed by atoms with E-state index in [1.54, 1.807) is 48.5 Å². The minimum atomic E-state index is -0.660. The van der Waals surface area contributed by atoms with Gasteiger partial charge in [0.2, 0.25) is 0 Å². The van der Waals surface area contributed by atoms with E-state index in [-0.39, 0.29) is 17.7 Å². The van der Waals surface area contributed by atoms with E-state index in [9.17, 15) is 14.0 Å². The Bertz CT molecular complexity index is 1980. The summed E-state index contributed by atoms with van der Waals surface area (Å²) in [4.78, 5) is 26.3. The van der Waals surface area contributed by atoms with E-state index >= 15 is 4.39 Å². The van der Waals surface area contributed by atoms with Gasteiger partial charge in [-0.1, -0.05) is 6.07 Å². The molecule has 3 aromatic heterocycles. The Morgan fingerprint density at radius 1 is 1.00 bits per heavy atom. The number of ether oxygens (including phenoxy) is 1. The lowest BCUT2D eigenvalue weighted by Crippen LogP contribution is -2.26. The highest BCUT2D eigenvalue weighted by Gasteiger charge is 2.18. The Labute approximate surface area is 232 Å². The van der Waals surface area contributed by atoms with E-state index in [2.05, 4.69) is 15.3 Å². The van der Waals surface area contributed by atoms with Gasteiger partial charge in [0.15, 0.2) is 17.3 Å². The van der Waals surface area contributed by atoms with Crippen molar-refractivity contribution in [3.63, 3.8) is 0 Å². The van der Waals surface area contributed by atoms with Crippen LogP contribution in [0.1, 0.15) is 21.5 Å². The molecule has 6 rings (SSSR count). The number of aryl methyl sites for hydroxylation is 2. The van der Waals surface area contributed by atoms with Crippen molar-refractivity contribution in [1.29, 1.82) is 0 Å². The van der Waals surface area contributed by atoms with Crippen LogP contribution in [0, 0.1) is 18.6 Å². The molecule has 0 amide bonds. The van der Waals surface area contributed by atoms with Crippen molar-refractivity contribution in [2.45, 2.75) is 13.3 Å². The van der Waals surface area contributed by atoms with Crippen molar-refractivity contribution in [2.75, 3.05) is 0 Å². The zero-order valence-corrected chi connectivity index (χ0v) is 22.1. The summed E-state index contributed by atoms with van der Waals surface area (Å²) < 4.78 is 37.7. The Morgan fingerprint density at radius 2 is 1.80 bits per heavy atom. The van der Waals surface area contributed by atoms with Crippen LogP contribution in [-0.4, -0.2) is 30.3 Å². The number of hydrogen-bond acceptors (Lipinski definition) is 5. The van der Waals surface area contributed by atoms with E-state index in [1.807, 2.05) is 13.1 Å². The molecule has 3 aromatic carbocycles. The van der Waals surface area contributed by atoms with Gasteiger partial charge in [-0.25, -0.2) is 8.78 Å².